The number of fused-ring (bicyclic) bond motifs is 1. The Morgan fingerprint density at radius 3 is 2.48 bits per heavy atom. The minimum atomic E-state index is 0.102. The maximum absolute atomic E-state index is 13.2. The lowest BCUT2D eigenvalue weighted by Gasteiger charge is -2.07. The van der Waals surface area contributed by atoms with Crippen molar-refractivity contribution in [2.45, 2.75) is 25.9 Å². The van der Waals surface area contributed by atoms with Crippen LogP contribution >= 0.6 is 11.8 Å². The van der Waals surface area contributed by atoms with Crippen molar-refractivity contribution in [2.75, 3.05) is 5.75 Å². The summed E-state index contributed by atoms with van der Waals surface area (Å²) in [6, 6.07) is 24.5. The number of rotatable bonds is 6. The molecule has 0 aliphatic rings. The zero-order valence-corrected chi connectivity index (χ0v) is 19.7. The molecule has 5 rings (SSSR count). The highest BCUT2D eigenvalue weighted by Gasteiger charge is 2.19. The van der Waals surface area contributed by atoms with Gasteiger partial charge in [-0.05, 0) is 56.2 Å². The van der Waals surface area contributed by atoms with Crippen molar-refractivity contribution in [1.82, 2.24) is 14.5 Å². The summed E-state index contributed by atoms with van der Waals surface area (Å²) in [5.41, 5.74) is 8.17. The van der Waals surface area contributed by atoms with E-state index in [9.17, 15) is 4.79 Å². The minimum Gasteiger partial charge on any atom is -0.358 e. The van der Waals surface area contributed by atoms with Gasteiger partial charge in [0.15, 0.2) is 10.9 Å². The van der Waals surface area contributed by atoms with Crippen LogP contribution < -0.4 is 0 Å². The number of aromatic nitrogens is 3. The number of carbonyl (C=O) groups is 1. The van der Waals surface area contributed by atoms with Gasteiger partial charge in [-0.25, -0.2) is 4.98 Å². The Morgan fingerprint density at radius 1 is 0.939 bits per heavy atom. The van der Waals surface area contributed by atoms with E-state index < -0.39 is 0 Å². The van der Waals surface area contributed by atoms with Crippen molar-refractivity contribution < 1.29 is 4.79 Å². The Bertz CT molecular complexity index is 1460. The quantitative estimate of drug-likeness (QED) is 0.225. The fourth-order valence-corrected chi connectivity index (χ4v) is 4.98. The van der Waals surface area contributed by atoms with E-state index in [-0.39, 0.29) is 5.78 Å². The van der Waals surface area contributed by atoms with Crippen molar-refractivity contribution in [2.24, 2.45) is 0 Å². The topological polar surface area (TPSA) is 50.7 Å². The number of nitrogens with zero attached hydrogens (tertiary/aromatic N) is 2. The summed E-state index contributed by atoms with van der Waals surface area (Å²) in [7, 11) is 0. The van der Waals surface area contributed by atoms with Crippen LogP contribution in [0.25, 0.3) is 27.8 Å². The summed E-state index contributed by atoms with van der Waals surface area (Å²) in [5.74, 6) is 0.420. The van der Waals surface area contributed by atoms with Crippen LogP contribution in [0.1, 0.15) is 27.2 Å². The summed E-state index contributed by atoms with van der Waals surface area (Å²) in [5, 5.41) is 1.78. The zero-order valence-electron chi connectivity index (χ0n) is 18.9. The molecule has 0 aliphatic heterocycles. The fraction of sp³-hybridized carbons (Fsp3) is 0.143. The molecule has 2 heterocycles. The summed E-state index contributed by atoms with van der Waals surface area (Å²) in [4.78, 5) is 21.5. The monoisotopic (exact) mass is 451 g/mol. The second kappa shape index (κ2) is 8.75. The number of Topliss-reactive ketones (excluding diaryl/α,β-unsaturated/α-hetero) is 1. The molecule has 2 aromatic heterocycles. The first kappa shape index (κ1) is 21.3. The lowest BCUT2D eigenvalue weighted by Crippen LogP contribution is -2.05. The van der Waals surface area contributed by atoms with Crippen molar-refractivity contribution in [3.63, 3.8) is 0 Å². The van der Waals surface area contributed by atoms with Gasteiger partial charge in [-0.1, -0.05) is 60.3 Å². The second-order valence-electron chi connectivity index (χ2n) is 8.30. The third-order valence-electron chi connectivity index (χ3n) is 6.02. The molecule has 0 radical (unpaired) electrons. The largest absolute Gasteiger partial charge is 0.358 e. The Morgan fingerprint density at radius 2 is 1.70 bits per heavy atom. The summed E-state index contributed by atoms with van der Waals surface area (Å²) < 4.78 is 2.07. The van der Waals surface area contributed by atoms with Crippen LogP contribution in [-0.2, 0) is 0 Å². The highest BCUT2D eigenvalue weighted by atomic mass is 32.2. The molecule has 164 valence electrons. The predicted molar refractivity (Wildman–Crippen MR) is 137 cm³/mol. The van der Waals surface area contributed by atoms with Crippen molar-refractivity contribution in [3.8, 4) is 16.9 Å². The highest BCUT2D eigenvalue weighted by Crippen LogP contribution is 2.30. The van der Waals surface area contributed by atoms with Gasteiger partial charge in [0.2, 0.25) is 0 Å². The number of nitrogens with one attached hydrogen (secondary N) is 1. The molecule has 5 aromatic rings. The van der Waals surface area contributed by atoms with E-state index >= 15 is 0 Å². The molecule has 0 atom stereocenters. The molecule has 0 unspecified atom stereocenters. The van der Waals surface area contributed by atoms with Crippen molar-refractivity contribution >= 4 is 28.4 Å². The van der Waals surface area contributed by atoms with Crippen molar-refractivity contribution in [3.05, 3.63) is 101 Å². The average molecular weight is 452 g/mol. The molecule has 1 N–H and O–H groups in total. The number of benzene rings is 3. The Labute approximate surface area is 197 Å². The number of para-hydroxylation sites is 2. The van der Waals surface area contributed by atoms with Gasteiger partial charge < -0.3 is 4.98 Å². The molecule has 0 saturated carbocycles. The maximum Gasteiger partial charge on any atom is 0.175 e. The molecule has 0 saturated heterocycles. The molecular weight excluding hydrogens is 426 g/mol. The number of aromatic amines is 1. The number of hydrogen-bond donors (Lipinski definition) is 1. The van der Waals surface area contributed by atoms with E-state index in [1.165, 1.54) is 22.9 Å². The van der Waals surface area contributed by atoms with Gasteiger partial charge >= 0.3 is 0 Å². The van der Waals surface area contributed by atoms with E-state index in [0.29, 0.717) is 5.75 Å². The van der Waals surface area contributed by atoms with Crippen LogP contribution in [0.15, 0.2) is 84.1 Å². The lowest BCUT2D eigenvalue weighted by atomic mass is 10.0. The number of H-pyrrole nitrogens is 1. The average Bonchev–Trinajstić information content (AvgIpc) is 3.40. The van der Waals surface area contributed by atoms with Gasteiger partial charge in [0, 0.05) is 39.6 Å². The molecule has 4 nitrogen and oxygen atoms in total. The number of imidazole rings is 1. The van der Waals surface area contributed by atoms with Crippen LogP contribution in [0.3, 0.4) is 0 Å². The first-order chi connectivity index (χ1) is 16.0. The predicted octanol–water partition coefficient (Wildman–Crippen LogP) is 6.92. The Balaban J connectivity index is 1.49. The second-order valence-corrected chi connectivity index (χ2v) is 9.24. The third kappa shape index (κ3) is 4.12. The molecule has 5 heteroatoms. The molecule has 0 aliphatic carbocycles. The molecule has 33 heavy (non-hydrogen) atoms. The maximum atomic E-state index is 13.2. The van der Waals surface area contributed by atoms with Gasteiger partial charge in [-0.2, -0.15) is 0 Å². The van der Waals surface area contributed by atoms with Gasteiger partial charge in [0.25, 0.3) is 0 Å². The van der Waals surface area contributed by atoms with Gasteiger partial charge in [0.05, 0.1) is 11.4 Å². The normalized spacial score (nSPS) is 11.2. The number of thioether (sulfide) groups is 1. The SMILES string of the molecule is Cc1ccc(-c2cn(-c3ccccc3)c(SCC(=O)c3c(C)[nH]c4ccccc34)n2)cc1C. The molecule has 0 bridgehead atoms. The van der Waals surface area contributed by atoms with Crippen LogP contribution in [0.2, 0.25) is 0 Å². The van der Waals surface area contributed by atoms with Gasteiger partial charge in [0.1, 0.15) is 0 Å². The Hall–Kier alpha value is -3.57. The summed E-state index contributed by atoms with van der Waals surface area (Å²) in [6.45, 7) is 6.19. The first-order valence-electron chi connectivity index (χ1n) is 11.0. The number of carbonyl (C=O) groups excluding carboxylic acids is 1. The van der Waals surface area contributed by atoms with E-state index in [1.807, 2.05) is 49.4 Å². The van der Waals surface area contributed by atoms with Crippen LogP contribution in [0.4, 0.5) is 0 Å². The van der Waals surface area contributed by atoms with Crippen LogP contribution in [0.5, 0.6) is 0 Å². The number of aryl methyl sites for hydroxylation is 3. The Kier molecular flexibility index (Phi) is 5.65. The minimum absolute atomic E-state index is 0.102. The third-order valence-corrected chi connectivity index (χ3v) is 6.97. The zero-order chi connectivity index (χ0) is 22.9. The lowest BCUT2D eigenvalue weighted by molar-refractivity contribution is 0.102. The standard InChI is InChI=1S/C28H25N3OS/c1-18-13-14-21(15-19(18)2)25-16-31(22-9-5-4-6-10-22)28(30-25)33-17-26(32)27-20(3)29-24-12-8-7-11-23(24)27/h4-16,29H,17H2,1-3H3. The first-order valence-corrected chi connectivity index (χ1v) is 12.0. The van der Waals surface area contributed by atoms with Gasteiger partial charge in [-0.15, -0.1) is 0 Å². The number of hydrogen-bond acceptors (Lipinski definition) is 3. The van der Waals surface area contributed by atoms with Gasteiger partial charge in [-0.3, -0.25) is 9.36 Å². The fourth-order valence-electron chi connectivity index (χ4n) is 4.12. The molecule has 0 amide bonds. The van der Waals surface area contributed by atoms with Crippen LogP contribution in [-0.4, -0.2) is 26.1 Å². The van der Waals surface area contributed by atoms with E-state index in [0.717, 1.165) is 44.3 Å². The van der Waals surface area contributed by atoms with E-state index in [1.54, 1.807) is 0 Å². The number of ketones is 1. The molecule has 0 fully saturated rings. The van der Waals surface area contributed by atoms with Crippen LogP contribution in [0, 0.1) is 20.8 Å². The molecule has 0 spiro atoms. The summed E-state index contributed by atoms with van der Waals surface area (Å²) in [6.07, 6.45) is 2.06. The van der Waals surface area contributed by atoms with E-state index in [4.69, 9.17) is 4.98 Å². The molecule has 3 aromatic carbocycles. The van der Waals surface area contributed by atoms with Crippen molar-refractivity contribution in [1.29, 1.82) is 0 Å². The highest BCUT2D eigenvalue weighted by molar-refractivity contribution is 7.99. The molecular formula is C28H25N3OS. The summed E-state index contributed by atoms with van der Waals surface area (Å²) >= 11 is 1.48. The van der Waals surface area contributed by atoms with E-state index in [2.05, 4.69) is 59.9 Å². The smallest absolute Gasteiger partial charge is 0.175 e.